The zero-order valence-corrected chi connectivity index (χ0v) is 11.0. The Balaban J connectivity index is 1.76. The van der Waals surface area contributed by atoms with Gasteiger partial charge < -0.3 is 10.4 Å². The van der Waals surface area contributed by atoms with Crippen LogP contribution in [0.25, 0.3) is 0 Å². The fourth-order valence-corrected chi connectivity index (χ4v) is 2.56. The first-order valence-electron chi connectivity index (χ1n) is 6.09. The van der Waals surface area contributed by atoms with E-state index in [9.17, 15) is 9.90 Å². The lowest BCUT2D eigenvalue weighted by atomic mass is 10.1. The van der Waals surface area contributed by atoms with Crippen LogP contribution in [0.3, 0.4) is 0 Å². The van der Waals surface area contributed by atoms with Crippen LogP contribution >= 0.6 is 11.8 Å². The molecule has 1 aromatic rings. The first-order valence-corrected chi connectivity index (χ1v) is 7.08. The second-order valence-electron chi connectivity index (χ2n) is 4.55. The van der Waals surface area contributed by atoms with Gasteiger partial charge in [0.2, 0.25) is 5.91 Å². The number of rotatable bonds is 3. The first-order chi connectivity index (χ1) is 9.24. The number of thioether (sulfide) groups is 1. The highest BCUT2D eigenvalue weighted by molar-refractivity contribution is 8.15. The number of nitrogens with zero attached hydrogens (tertiary/aromatic N) is 2. The van der Waals surface area contributed by atoms with Crippen LogP contribution in [0, 0.1) is 0 Å². The molecule has 5 nitrogen and oxygen atoms in total. The van der Waals surface area contributed by atoms with E-state index >= 15 is 0 Å². The fraction of sp³-hybridized carbons (Fsp3) is 0.308. The lowest BCUT2D eigenvalue weighted by Gasteiger charge is -2.04. The number of hydrogen-bond acceptors (Lipinski definition) is 5. The molecule has 1 amide bonds. The van der Waals surface area contributed by atoms with Crippen LogP contribution in [-0.2, 0) is 4.79 Å². The summed E-state index contributed by atoms with van der Waals surface area (Å²) in [7, 11) is 0. The maximum atomic E-state index is 11.0. The van der Waals surface area contributed by atoms with Gasteiger partial charge in [-0.1, -0.05) is 23.9 Å². The molecule has 0 radical (unpaired) electrons. The Hall–Kier alpha value is -1.82. The highest BCUT2D eigenvalue weighted by atomic mass is 32.2. The quantitative estimate of drug-likeness (QED) is 0.652. The van der Waals surface area contributed by atoms with Gasteiger partial charge in [0.25, 0.3) is 0 Å². The normalized spacial score (nSPS) is 21.3. The van der Waals surface area contributed by atoms with Crippen LogP contribution in [0.4, 0.5) is 0 Å². The maximum absolute atomic E-state index is 11.0. The van der Waals surface area contributed by atoms with Gasteiger partial charge in [-0.15, -0.1) is 5.10 Å². The highest BCUT2D eigenvalue weighted by Gasteiger charge is 2.26. The van der Waals surface area contributed by atoms with Gasteiger partial charge in [0, 0.05) is 5.56 Å². The van der Waals surface area contributed by atoms with Crippen LogP contribution in [0.1, 0.15) is 29.9 Å². The molecule has 1 aliphatic heterocycles. The molecule has 0 unspecified atom stereocenters. The standard InChI is InChI=1S/C13H13N3O2S/c17-11-7-19-13(15-11)16-14-6-9-2-1-3-10(12(9)18)8-4-5-8/h1-3,6,8,18H,4-5,7H2,(H,15,16,17). The van der Waals surface area contributed by atoms with Crippen molar-refractivity contribution in [3.8, 4) is 5.75 Å². The van der Waals surface area contributed by atoms with Gasteiger partial charge in [0.1, 0.15) is 5.75 Å². The number of carbonyl (C=O) groups is 1. The monoisotopic (exact) mass is 275 g/mol. The Morgan fingerprint density at radius 1 is 1.42 bits per heavy atom. The van der Waals surface area contributed by atoms with E-state index in [1.807, 2.05) is 12.1 Å². The molecule has 2 fully saturated rings. The summed E-state index contributed by atoms with van der Waals surface area (Å²) in [5.41, 5.74) is 1.64. The summed E-state index contributed by atoms with van der Waals surface area (Å²) in [5, 5.41) is 21.0. The van der Waals surface area contributed by atoms with Gasteiger partial charge in [0.05, 0.1) is 12.0 Å². The van der Waals surface area contributed by atoms with Crippen molar-refractivity contribution in [2.75, 3.05) is 5.75 Å². The Kier molecular flexibility index (Phi) is 3.25. The molecule has 98 valence electrons. The molecule has 3 rings (SSSR count). The molecule has 2 N–H and O–H groups in total. The largest absolute Gasteiger partial charge is 0.507 e. The van der Waals surface area contributed by atoms with Crippen LogP contribution < -0.4 is 5.32 Å². The number of carbonyl (C=O) groups excluding carboxylic acids is 1. The van der Waals surface area contributed by atoms with Crippen molar-refractivity contribution in [1.82, 2.24) is 5.32 Å². The third kappa shape index (κ3) is 2.78. The van der Waals surface area contributed by atoms with Gasteiger partial charge in [-0.2, -0.15) is 5.10 Å². The number of amidine groups is 1. The van der Waals surface area contributed by atoms with Crippen molar-refractivity contribution in [3.63, 3.8) is 0 Å². The first kappa shape index (κ1) is 12.2. The molecule has 19 heavy (non-hydrogen) atoms. The fourth-order valence-electron chi connectivity index (χ4n) is 1.93. The molecule has 6 heteroatoms. The predicted molar refractivity (Wildman–Crippen MR) is 75.7 cm³/mol. The van der Waals surface area contributed by atoms with Crippen molar-refractivity contribution in [2.24, 2.45) is 10.2 Å². The second-order valence-corrected chi connectivity index (χ2v) is 5.51. The predicted octanol–water partition coefficient (Wildman–Crippen LogP) is 1.82. The van der Waals surface area contributed by atoms with Gasteiger partial charge in [-0.25, -0.2) is 0 Å². The summed E-state index contributed by atoms with van der Waals surface area (Å²) in [5.74, 6) is 1.11. The molecular formula is C13H13N3O2S. The van der Waals surface area contributed by atoms with E-state index in [4.69, 9.17) is 0 Å². The number of phenols is 1. The Morgan fingerprint density at radius 2 is 2.26 bits per heavy atom. The van der Waals surface area contributed by atoms with Crippen LogP contribution in [0.5, 0.6) is 5.75 Å². The minimum absolute atomic E-state index is 0.0578. The molecule has 1 aliphatic carbocycles. The minimum atomic E-state index is -0.0578. The van der Waals surface area contributed by atoms with E-state index in [0.717, 1.165) is 18.4 Å². The molecule has 2 aliphatic rings. The summed E-state index contributed by atoms with van der Waals surface area (Å²) in [6.45, 7) is 0. The Bertz CT molecular complexity index is 579. The molecule has 0 spiro atoms. The van der Waals surface area contributed by atoms with Crippen LogP contribution in [-0.4, -0.2) is 28.1 Å². The second kappa shape index (κ2) is 5.05. The molecule has 1 saturated heterocycles. The van der Waals surface area contributed by atoms with Gasteiger partial charge in [0.15, 0.2) is 5.17 Å². The molecule has 1 saturated carbocycles. The van der Waals surface area contributed by atoms with E-state index in [1.165, 1.54) is 18.0 Å². The SMILES string of the molecule is O=C1CSC(=NN=Cc2cccc(C3CC3)c2O)N1. The lowest BCUT2D eigenvalue weighted by molar-refractivity contribution is -0.116. The van der Waals surface area contributed by atoms with Gasteiger partial charge in [-0.05, 0) is 30.4 Å². The van der Waals surface area contributed by atoms with Crippen molar-refractivity contribution in [2.45, 2.75) is 18.8 Å². The average molecular weight is 275 g/mol. The van der Waals surface area contributed by atoms with Crippen molar-refractivity contribution < 1.29 is 9.90 Å². The van der Waals surface area contributed by atoms with E-state index in [2.05, 4.69) is 15.5 Å². The molecule has 0 atom stereocenters. The summed E-state index contributed by atoms with van der Waals surface area (Å²) < 4.78 is 0. The summed E-state index contributed by atoms with van der Waals surface area (Å²) in [6.07, 6.45) is 3.79. The van der Waals surface area contributed by atoms with Crippen LogP contribution in [0.2, 0.25) is 0 Å². The van der Waals surface area contributed by atoms with E-state index in [0.29, 0.717) is 22.4 Å². The maximum Gasteiger partial charge on any atom is 0.236 e. The van der Waals surface area contributed by atoms with E-state index in [1.54, 1.807) is 6.07 Å². The third-order valence-corrected chi connectivity index (χ3v) is 3.91. The van der Waals surface area contributed by atoms with Crippen molar-refractivity contribution >= 4 is 29.1 Å². The zero-order valence-electron chi connectivity index (χ0n) is 10.2. The Labute approximate surface area is 114 Å². The molecule has 0 bridgehead atoms. The summed E-state index contributed by atoms with van der Waals surface area (Å²) in [6, 6.07) is 5.66. The topological polar surface area (TPSA) is 74.0 Å². The van der Waals surface area contributed by atoms with Crippen LogP contribution in [0.15, 0.2) is 28.4 Å². The van der Waals surface area contributed by atoms with Crippen molar-refractivity contribution in [3.05, 3.63) is 29.3 Å². The number of nitrogens with one attached hydrogen (secondary N) is 1. The number of phenolic OH excluding ortho intramolecular Hbond substituents is 1. The van der Waals surface area contributed by atoms with E-state index < -0.39 is 0 Å². The molecule has 0 aromatic heterocycles. The third-order valence-electron chi connectivity index (χ3n) is 3.05. The number of amides is 1. The zero-order chi connectivity index (χ0) is 13.2. The van der Waals surface area contributed by atoms with Crippen molar-refractivity contribution in [1.29, 1.82) is 0 Å². The van der Waals surface area contributed by atoms with Gasteiger partial charge in [-0.3, -0.25) is 4.79 Å². The molecular weight excluding hydrogens is 262 g/mol. The minimum Gasteiger partial charge on any atom is -0.507 e. The molecule has 1 heterocycles. The number of benzene rings is 1. The number of aromatic hydroxyl groups is 1. The highest BCUT2D eigenvalue weighted by Crippen LogP contribution is 2.44. The summed E-state index contributed by atoms with van der Waals surface area (Å²) >= 11 is 1.32. The number of para-hydroxylation sites is 1. The Morgan fingerprint density at radius 3 is 2.95 bits per heavy atom. The molecule has 1 aromatic carbocycles. The van der Waals surface area contributed by atoms with Gasteiger partial charge >= 0.3 is 0 Å². The smallest absolute Gasteiger partial charge is 0.236 e. The number of hydrogen-bond donors (Lipinski definition) is 2. The van der Waals surface area contributed by atoms with E-state index in [-0.39, 0.29) is 11.7 Å². The lowest BCUT2D eigenvalue weighted by Crippen LogP contribution is -2.19. The average Bonchev–Trinajstić information content (AvgIpc) is 3.15. The summed E-state index contributed by atoms with van der Waals surface area (Å²) in [4.78, 5) is 11.0.